The first-order valence-electron chi connectivity index (χ1n) is 8.06. The van der Waals surface area contributed by atoms with Crippen LogP contribution in [-0.4, -0.2) is 9.78 Å². The summed E-state index contributed by atoms with van der Waals surface area (Å²) in [5, 5.41) is 5.31. The largest absolute Gasteiger partial charge is 0.246 e. The van der Waals surface area contributed by atoms with E-state index in [1.54, 1.807) is 0 Å². The van der Waals surface area contributed by atoms with Crippen LogP contribution < -0.4 is 0 Å². The second kappa shape index (κ2) is 9.57. The average molecular weight is 443 g/mol. The van der Waals surface area contributed by atoms with Crippen molar-refractivity contribution >= 4 is 43.5 Å². The van der Waals surface area contributed by atoms with Gasteiger partial charge in [-0.25, -0.2) is 4.68 Å². The fourth-order valence-electron chi connectivity index (χ4n) is 2.72. The lowest BCUT2D eigenvalue weighted by Gasteiger charge is -2.31. The van der Waals surface area contributed by atoms with Gasteiger partial charge < -0.3 is 0 Å². The van der Waals surface area contributed by atoms with Crippen LogP contribution in [0.3, 0.4) is 0 Å². The lowest BCUT2D eigenvalue weighted by molar-refractivity contribution is 0.228. The minimum absolute atomic E-state index is 0.00779. The van der Waals surface area contributed by atoms with Crippen LogP contribution in [0.25, 0.3) is 0 Å². The molecule has 0 radical (unpaired) electrons. The van der Waals surface area contributed by atoms with Crippen molar-refractivity contribution in [3.63, 3.8) is 0 Å². The van der Waals surface area contributed by atoms with Gasteiger partial charge in [0, 0.05) is 0 Å². The first-order chi connectivity index (χ1) is 9.96. The van der Waals surface area contributed by atoms with Gasteiger partial charge in [-0.1, -0.05) is 70.4 Å². The molecule has 1 rings (SSSR count). The lowest BCUT2D eigenvalue weighted by atomic mass is 9.88. The van der Waals surface area contributed by atoms with Crippen LogP contribution in [0.5, 0.6) is 0 Å². The van der Waals surface area contributed by atoms with Gasteiger partial charge in [0.2, 0.25) is 0 Å². The maximum absolute atomic E-state index is 6.46. The van der Waals surface area contributed by atoms with Gasteiger partial charge in [-0.15, -0.1) is 0 Å². The number of halogens is 3. The van der Waals surface area contributed by atoms with Gasteiger partial charge in [0.15, 0.2) is 0 Å². The van der Waals surface area contributed by atoms with Crippen LogP contribution in [0.2, 0.25) is 5.15 Å². The average Bonchev–Trinajstić information content (AvgIpc) is 2.73. The van der Waals surface area contributed by atoms with Crippen molar-refractivity contribution in [3.8, 4) is 0 Å². The molecule has 2 nitrogen and oxygen atoms in total. The fraction of sp³-hybridized carbons (Fsp3) is 0.812. The molecule has 0 aliphatic heterocycles. The third-order valence-corrected chi connectivity index (χ3v) is 6.55. The normalized spacial score (nSPS) is 14.4. The molecule has 122 valence electrons. The van der Waals surface area contributed by atoms with E-state index in [2.05, 4.69) is 57.7 Å². The van der Waals surface area contributed by atoms with Crippen molar-refractivity contribution in [2.24, 2.45) is 0 Å². The standard InChI is InChI=1S/C16H27Br2ClN2/c1-4-6-8-9-10-12-16(3,11-7-5-2)21-15(19)13(17)14(18)20-21/h4-12H2,1-3H3. The molecule has 5 heteroatoms. The van der Waals surface area contributed by atoms with Crippen LogP contribution in [0.4, 0.5) is 0 Å². The summed E-state index contributed by atoms with van der Waals surface area (Å²) in [4.78, 5) is 0. The molecule has 0 saturated carbocycles. The van der Waals surface area contributed by atoms with Crippen LogP contribution in [0.15, 0.2) is 9.08 Å². The monoisotopic (exact) mass is 440 g/mol. The van der Waals surface area contributed by atoms with Gasteiger partial charge in [-0.05, 0) is 51.6 Å². The van der Waals surface area contributed by atoms with Crippen LogP contribution in [0.1, 0.15) is 78.6 Å². The van der Waals surface area contributed by atoms with Gasteiger partial charge in [0.05, 0.1) is 10.0 Å². The minimum atomic E-state index is 0.00779. The smallest absolute Gasteiger partial charge is 0.143 e. The number of rotatable bonds is 10. The lowest BCUT2D eigenvalue weighted by Crippen LogP contribution is -2.31. The highest BCUT2D eigenvalue weighted by Crippen LogP contribution is 2.38. The Labute approximate surface area is 151 Å². The summed E-state index contributed by atoms with van der Waals surface area (Å²) in [6.45, 7) is 6.78. The Kier molecular flexibility index (Phi) is 8.89. The summed E-state index contributed by atoms with van der Waals surface area (Å²) in [6, 6.07) is 0. The Hall–Kier alpha value is 0.460. The molecule has 0 aromatic carbocycles. The molecule has 1 heterocycles. The van der Waals surface area contributed by atoms with Crippen molar-refractivity contribution < 1.29 is 0 Å². The summed E-state index contributed by atoms with van der Waals surface area (Å²) in [5.74, 6) is 0. The summed E-state index contributed by atoms with van der Waals surface area (Å²) < 4.78 is 3.66. The van der Waals surface area contributed by atoms with Crippen molar-refractivity contribution in [1.29, 1.82) is 0 Å². The molecule has 0 aliphatic carbocycles. The SMILES string of the molecule is CCCCCCCC(C)(CCCC)n1nc(Br)c(Br)c1Cl. The molecule has 0 N–H and O–H groups in total. The third kappa shape index (κ3) is 5.54. The second-order valence-corrected chi connectivity index (χ2v) is 7.97. The molecule has 0 bridgehead atoms. The molecular formula is C16H27Br2ClN2. The Balaban J connectivity index is 2.79. The van der Waals surface area contributed by atoms with Gasteiger partial charge in [0.25, 0.3) is 0 Å². The maximum Gasteiger partial charge on any atom is 0.143 e. The van der Waals surface area contributed by atoms with Crippen molar-refractivity contribution in [2.75, 3.05) is 0 Å². The van der Waals surface area contributed by atoms with E-state index < -0.39 is 0 Å². The van der Waals surface area contributed by atoms with Gasteiger partial charge in [0.1, 0.15) is 9.76 Å². The van der Waals surface area contributed by atoms with Gasteiger partial charge >= 0.3 is 0 Å². The van der Waals surface area contributed by atoms with E-state index in [-0.39, 0.29) is 5.54 Å². The molecule has 1 atom stereocenters. The number of unbranched alkanes of at least 4 members (excludes halogenated alkanes) is 5. The zero-order valence-electron chi connectivity index (χ0n) is 13.4. The molecular weight excluding hydrogens is 415 g/mol. The fourth-order valence-corrected chi connectivity index (χ4v) is 3.75. The highest BCUT2D eigenvalue weighted by atomic mass is 79.9. The van der Waals surface area contributed by atoms with E-state index in [1.807, 2.05) is 4.68 Å². The van der Waals surface area contributed by atoms with Crippen molar-refractivity contribution in [3.05, 3.63) is 14.2 Å². The Morgan fingerprint density at radius 1 is 1.00 bits per heavy atom. The molecule has 0 saturated heterocycles. The number of aromatic nitrogens is 2. The first kappa shape index (κ1) is 19.5. The van der Waals surface area contributed by atoms with E-state index in [9.17, 15) is 0 Å². The quantitative estimate of drug-likeness (QED) is 0.347. The first-order valence-corrected chi connectivity index (χ1v) is 10.0. The van der Waals surface area contributed by atoms with Crippen molar-refractivity contribution in [1.82, 2.24) is 9.78 Å². The molecule has 0 spiro atoms. The predicted molar refractivity (Wildman–Crippen MR) is 99.2 cm³/mol. The topological polar surface area (TPSA) is 17.8 Å². The van der Waals surface area contributed by atoms with Crippen LogP contribution >= 0.6 is 43.5 Å². The third-order valence-electron chi connectivity index (χ3n) is 4.14. The highest BCUT2D eigenvalue weighted by Gasteiger charge is 2.30. The Bertz CT molecular complexity index is 434. The number of nitrogens with zero attached hydrogens (tertiary/aromatic N) is 2. The molecule has 1 aromatic rings. The Morgan fingerprint density at radius 3 is 2.10 bits per heavy atom. The molecule has 0 aliphatic rings. The van der Waals surface area contributed by atoms with Gasteiger partial charge in [-0.2, -0.15) is 5.10 Å². The summed E-state index contributed by atoms with van der Waals surface area (Å²) in [7, 11) is 0. The van der Waals surface area contributed by atoms with E-state index in [0.29, 0.717) is 5.15 Å². The molecule has 1 unspecified atom stereocenters. The van der Waals surface area contributed by atoms with E-state index in [0.717, 1.165) is 21.9 Å². The highest BCUT2D eigenvalue weighted by molar-refractivity contribution is 9.13. The van der Waals surface area contributed by atoms with Crippen LogP contribution in [-0.2, 0) is 5.54 Å². The zero-order valence-corrected chi connectivity index (χ0v) is 17.3. The van der Waals surface area contributed by atoms with E-state index in [4.69, 9.17) is 11.6 Å². The summed E-state index contributed by atoms with van der Waals surface area (Å²) in [5.41, 5.74) is 0.00779. The van der Waals surface area contributed by atoms with E-state index in [1.165, 1.54) is 44.9 Å². The minimum Gasteiger partial charge on any atom is -0.246 e. The molecule has 1 aromatic heterocycles. The Morgan fingerprint density at radius 2 is 1.57 bits per heavy atom. The predicted octanol–water partition coefficient (Wildman–Crippen LogP) is 7.33. The zero-order chi connectivity index (χ0) is 15.9. The molecule has 0 fully saturated rings. The maximum atomic E-state index is 6.46. The second-order valence-electron chi connectivity index (χ2n) is 6.07. The van der Waals surface area contributed by atoms with E-state index >= 15 is 0 Å². The van der Waals surface area contributed by atoms with Gasteiger partial charge in [-0.3, -0.25) is 0 Å². The van der Waals surface area contributed by atoms with Crippen molar-refractivity contribution in [2.45, 2.75) is 84.1 Å². The molecule has 0 amide bonds. The number of hydrogen-bond acceptors (Lipinski definition) is 1. The molecule has 21 heavy (non-hydrogen) atoms. The summed E-state index contributed by atoms with van der Waals surface area (Å²) >= 11 is 13.4. The summed E-state index contributed by atoms with van der Waals surface area (Å²) in [6.07, 6.45) is 11.2. The number of hydrogen-bond donors (Lipinski definition) is 0. The van der Waals surface area contributed by atoms with Crippen LogP contribution in [0, 0.1) is 0 Å².